The van der Waals surface area contributed by atoms with Gasteiger partial charge in [0.25, 0.3) is 0 Å². The van der Waals surface area contributed by atoms with E-state index >= 15 is 0 Å². The number of nitrogens with one attached hydrogen (secondary N) is 2. The minimum absolute atomic E-state index is 0.0923. The first kappa shape index (κ1) is 15.5. The average molecular weight is 274 g/mol. The maximum absolute atomic E-state index is 12.7. The second kappa shape index (κ2) is 7.13. The summed E-state index contributed by atoms with van der Waals surface area (Å²) in [6.45, 7) is 2.80. The van der Waals surface area contributed by atoms with Crippen molar-refractivity contribution in [2.24, 2.45) is 0 Å². The van der Waals surface area contributed by atoms with Crippen molar-refractivity contribution >= 4 is 5.91 Å². The lowest BCUT2D eigenvalue weighted by molar-refractivity contribution is -0.138. The number of hydrogen-bond acceptors (Lipinski definition) is 2. The average Bonchev–Trinajstić information content (AvgIpc) is 2.34. The van der Waals surface area contributed by atoms with Gasteiger partial charge >= 0.3 is 6.18 Å². The first-order valence-corrected chi connectivity index (χ1v) is 6.07. The molecule has 6 heteroatoms. The van der Waals surface area contributed by atoms with Gasteiger partial charge in [-0.25, -0.2) is 0 Å². The second-order valence-corrected chi connectivity index (χ2v) is 4.04. The van der Waals surface area contributed by atoms with Gasteiger partial charge in [0.2, 0.25) is 5.91 Å². The fourth-order valence-corrected chi connectivity index (χ4v) is 1.66. The van der Waals surface area contributed by atoms with Crippen LogP contribution in [-0.4, -0.2) is 19.0 Å². The molecule has 0 spiro atoms. The molecule has 0 saturated carbocycles. The summed E-state index contributed by atoms with van der Waals surface area (Å²) in [6.07, 6.45) is -4.10. The summed E-state index contributed by atoms with van der Waals surface area (Å²) >= 11 is 0. The van der Waals surface area contributed by atoms with E-state index in [1.54, 1.807) is 6.07 Å². The Kier molecular flexibility index (Phi) is 5.82. The van der Waals surface area contributed by atoms with Gasteiger partial charge in [-0.2, -0.15) is 13.2 Å². The van der Waals surface area contributed by atoms with Crippen molar-refractivity contribution in [3.8, 4) is 0 Å². The van der Waals surface area contributed by atoms with Crippen LogP contribution in [0.4, 0.5) is 13.2 Å². The molecule has 19 heavy (non-hydrogen) atoms. The Morgan fingerprint density at radius 1 is 1.26 bits per heavy atom. The zero-order valence-electron chi connectivity index (χ0n) is 10.7. The maximum Gasteiger partial charge on any atom is 0.416 e. The summed E-state index contributed by atoms with van der Waals surface area (Å²) in [5.74, 6) is -0.112. The van der Waals surface area contributed by atoms with Crippen molar-refractivity contribution in [3.63, 3.8) is 0 Å². The smallest absolute Gasteiger partial charge is 0.356 e. The number of halogens is 3. The van der Waals surface area contributed by atoms with Gasteiger partial charge in [-0.15, -0.1) is 0 Å². The van der Waals surface area contributed by atoms with Crippen LogP contribution < -0.4 is 10.6 Å². The van der Waals surface area contributed by atoms with Crippen LogP contribution in [0, 0.1) is 0 Å². The van der Waals surface area contributed by atoms with E-state index in [1.165, 1.54) is 12.1 Å². The molecule has 0 aliphatic carbocycles. The number of rotatable bonds is 6. The predicted molar refractivity (Wildman–Crippen MR) is 66.5 cm³/mol. The lowest BCUT2D eigenvalue weighted by atomic mass is 10.1. The van der Waals surface area contributed by atoms with Crippen LogP contribution in [0.2, 0.25) is 0 Å². The molecule has 0 fully saturated rings. The molecule has 0 aliphatic heterocycles. The number of amides is 1. The molecule has 0 aromatic heterocycles. The number of benzene rings is 1. The fraction of sp³-hybridized carbons (Fsp3) is 0.462. The van der Waals surface area contributed by atoms with Crippen molar-refractivity contribution in [1.82, 2.24) is 10.6 Å². The van der Waals surface area contributed by atoms with E-state index < -0.39 is 11.7 Å². The fourth-order valence-electron chi connectivity index (χ4n) is 1.66. The van der Waals surface area contributed by atoms with E-state index in [0.29, 0.717) is 13.1 Å². The van der Waals surface area contributed by atoms with E-state index in [0.717, 1.165) is 6.07 Å². The van der Waals surface area contributed by atoms with Crippen molar-refractivity contribution < 1.29 is 18.0 Å². The lowest BCUT2D eigenvalue weighted by Crippen LogP contribution is -2.27. The summed E-state index contributed by atoms with van der Waals surface area (Å²) < 4.78 is 38.1. The van der Waals surface area contributed by atoms with Gasteiger partial charge in [0.05, 0.1) is 5.56 Å². The van der Waals surface area contributed by atoms with Crippen LogP contribution in [0.25, 0.3) is 0 Å². The van der Waals surface area contributed by atoms with Crippen LogP contribution in [-0.2, 0) is 17.5 Å². The first-order valence-electron chi connectivity index (χ1n) is 6.07. The minimum Gasteiger partial charge on any atom is -0.356 e. The normalized spacial score (nSPS) is 11.4. The summed E-state index contributed by atoms with van der Waals surface area (Å²) in [6, 6.07) is 5.42. The summed E-state index contributed by atoms with van der Waals surface area (Å²) in [7, 11) is 0. The van der Waals surface area contributed by atoms with Gasteiger partial charge in [0.1, 0.15) is 0 Å². The molecule has 0 atom stereocenters. The van der Waals surface area contributed by atoms with Crippen molar-refractivity contribution in [1.29, 1.82) is 0 Å². The van der Waals surface area contributed by atoms with Crippen LogP contribution >= 0.6 is 0 Å². The largest absolute Gasteiger partial charge is 0.416 e. The Morgan fingerprint density at radius 2 is 1.95 bits per heavy atom. The van der Waals surface area contributed by atoms with Gasteiger partial charge in [-0.05, 0) is 18.6 Å². The highest BCUT2D eigenvalue weighted by Gasteiger charge is 2.32. The van der Waals surface area contributed by atoms with E-state index in [-0.39, 0.29) is 24.4 Å². The van der Waals surface area contributed by atoms with Crippen LogP contribution in [0.15, 0.2) is 24.3 Å². The molecule has 1 amide bonds. The zero-order chi connectivity index (χ0) is 14.3. The number of hydrogen-bond donors (Lipinski definition) is 2. The van der Waals surface area contributed by atoms with Crippen molar-refractivity contribution in [3.05, 3.63) is 35.4 Å². The topological polar surface area (TPSA) is 41.1 Å². The monoisotopic (exact) mass is 274 g/mol. The Morgan fingerprint density at radius 3 is 2.58 bits per heavy atom. The molecule has 2 N–H and O–H groups in total. The molecular weight excluding hydrogens is 257 g/mol. The molecule has 0 unspecified atom stereocenters. The van der Waals surface area contributed by atoms with E-state index in [1.807, 2.05) is 6.92 Å². The number of alkyl halides is 3. The minimum atomic E-state index is -4.35. The molecule has 0 heterocycles. The third-order valence-electron chi connectivity index (χ3n) is 2.54. The first-order chi connectivity index (χ1) is 8.95. The highest BCUT2D eigenvalue weighted by atomic mass is 19.4. The highest BCUT2D eigenvalue weighted by molar-refractivity contribution is 5.75. The van der Waals surface area contributed by atoms with Crippen molar-refractivity contribution in [2.75, 3.05) is 13.1 Å². The van der Waals surface area contributed by atoms with E-state index in [9.17, 15) is 18.0 Å². The van der Waals surface area contributed by atoms with Gasteiger partial charge in [0, 0.05) is 26.1 Å². The summed E-state index contributed by atoms with van der Waals surface area (Å²) in [4.78, 5) is 11.1. The van der Waals surface area contributed by atoms with Gasteiger partial charge < -0.3 is 10.6 Å². The third kappa shape index (κ3) is 5.30. The van der Waals surface area contributed by atoms with Gasteiger partial charge in [-0.1, -0.05) is 18.2 Å². The van der Waals surface area contributed by atoms with E-state index in [4.69, 9.17) is 0 Å². The molecule has 3 nitrogen and oxygen atoms in total. The maximum atomic E-state index is 12.7. The molecule has 0 aliphatic rings. The summed E-state index contributed by atoms with van der Waals surface area (Å²) in [5.41, 5.74) is -0.452. The third-order valence-corrected chi connectivity index (χ3v) is 2.54. The lowest BCUT2D eigenvalue weighted by Gasteiger charge is -2.13. The quantitative estimate of drug-likeness (QED) is 0.782. The van der Waals surface area contributed by atoms with Crippen molar-refractivity contribution in [2.45, 2.75) is 26.1 Å². The second-order valence-electron chi connectivity index (χ2n) is 4.04. The van der Waals surface area contributed by atoms with Crippen LogP contribution in [0.3, 0.4) is 0 Å². The van der Waals surface area contributed by atoms with Gasteiger partial charge in [-0.3, -0.25) is 4.79 Å². The van der Waals surface area contributed by atoms with Gasteiger partial charge in [0.15, 0.2) is 0 Å². The molecule has 1 rings (SSSR count). The standard InChI is InChI=1S/C13H17F3N2O/c1-2-18-12(19)7-8-17-9-10-5-3-4-6-11(10)13(14,15)16/h3-6,17H,2,7-9H2,1H3,(H,18,19). The Hall–Kier alpha value is -1.56. The SMILES string of the molecule is CCNC(=O)CCNCc1ccccc1C(F)(F)F. The van der Waals surface area contributed by atoms with E-state index in [2.05, 4.69) is 10.6 Å². The molecular formula is C13H17F3N2O. The molecule has 0 saturated heterocycles. The van der Waals surface area contributed by atoms with Crippen LogP contribution in [0.5, 0.6) is 0 Å². The molecule has 0 bridgehead atoms. The Bertz CT molecular complexity index is 419. The van der Waals surface area contributed by atoms with Crippen LogP contribution in [0.1, 0.15) is 24.5 Å². The zero-order valence-corrected chi connectivity index (χ0v) is 10.7. The number of carbonyl (C=O) groups excluding carboxylic acids is 1. The Balaban J connectivity index is 2.48. The summed E-state index contributed by atoms with van der Waals surface area (Å²) in [5, 5.41) is 5.46. The predicted octanol–water partition coefficient (Wildman–Crippen LogP) is 2.32. The Labute approximate surface area is 110 Å². The molecule has 0 radical (unpaired) electrons. The highest BCUT2D eigenvalue weighted by Crippen LogP contribution is 2.31. The molecule has 106 valence electrons. The molecule has 1 aromatic carbocycles. The number of carbonyl (C=O) groups is 1. The molecule has 1 aromatic rings.